The average Bonchev–Trinajstić information content (AvgIpc) is 1.66. The zero-order valence-corrected chi connectivity index (χ0v) is 79.7. The first kappa shape index (κ1) is 103. The van der Waals surface area contributed by atoms with Gasteiger partial charge in [0, 0.05) is 50.4 Å². The van der Waals surface area contributed by atoms with Gasteiger partial charge in [0.15, 0.2) is 23.0 Å². The summed E-state index contributed by atoms with van der Waals surface area (Å²) in [5.74, 6) is -2.65. The van der Waals surface area contributed by atoms with Crippen LogP contribution in [0.3, 0.4) is 0 Å². The summed E-state index contributed by atoms with van der Waals surface area (Å²) in [6, 6.07) is 57.8. The van der Waals surface area contributed by atoms with Crippen molar-refractivity contribution in [1.29, 1.82) is 21.0 Å². The number of hydrogen-bond donors (Lipinski definition) is 0. The first-order chi connectivity index (χ1) is 60.8. The van der Waals surface area contributed by atoms with Crippen LogP contribution in [0.25, 0.3) is 45.3 Å². The van der Waals surface area contributed by atoms with Gasteiger partial charge in [-0.05, 0) is 160 Å². The van der Waals surface area contributed by atoms with E-state index in [-0.39, 0.29) is 65.8 Å². The van der Waals surface area contributed by atoms with Crippen LogP contribution in [-0.2, 0) is 109 Å². The van der Waals surface area contributed by atoms with Gasteiger partial charge in [0.2, 0.25) is 27.2 Å². The molecule has 4 aromatic heterocycles. The zero-order valence-electron chi connectivity index (χ0n) is 79.7. The fraction of sp³-hybridized carbons (Fsp3) is 0.379. The van der Waals surface area contributed by atoms with Crippen molar-refractivity contribution in [3.05, 3.63) is 281 Å². The Hall–Kier alpha value is -14.1. The van der Waals surface area contributed by atoms with Crippen molar-refractivity contribution in [2.24, 2.45) is 33.6 Å². The first-order valence-electron chi connectivity index (χ1n) is 42.2. The molecular formula is C103H119F3N12O12. The van der Waals surface area contributed by atoms with Crippen molar-refractivity contribution < 1.29 is 70.2 Å². The number of ether oxygens (including phenoxy) is 8. The number of carbonyl (C=O) groups excluding carboxylic acids is 4. The molecule has 0 atom stereocenters. The maximum atomic E-state index is 12.4. The summed E-state index contributed by atoms with van der Waals surface area (Å²) < 4.78 is 87.4. The molecule has 0 bridgehead atoms. The number of aryl methyl sites for hydroxylation is 8. The van der Waals surface area contributed by atoms with Gasteiger partial charge in [-0.3, -0.25) is 28.3 Å². The largest absolute Gasteiger partial charge is 0.491 e. The van der Waals surface area contributed by atoms with Crippen LogP contribution in [0.15, 0.2) is 158 Å². The van der Waals surface area contributed by atoms with Gasteiger partial charge in [-0.25, -0.2) is 9.59 Å². The normalized spacial score (nSPS) is 12.4. The van der Waals surface area contributed by atoms with E-state index in [0.717, 1.165) is 61.6 Å². The number of aromatic nitrogens is 8. The molecule has 0 aliphatic carbocycles. The van der Waals surface area contributed by atoms with Crippen LogP contribution in [0.1, 0.15) is 239 Å². The molecule has 0 radical (unpaired) electrons. The molecule has 0 saturated carbocycles. The minimum Gasteiger partial charge on any atom is -0.454 e. The molecule has 684 valence electrons. The van der Waals surface area contributed by atoms with Crippen molar-refractivity contribution in [3.63, 3.8) is 0 Å². The fourth-order valence-electron chi connectivity index (χ4n) is 13.4. The van der Waals surface area contributed by atoms with Crippen molar-refractivity contribution in [3.8, 4) is 24.3 Å². The Morgan fingerprint density at radius 1 is 0.331 bits per heavy atom. The number of benzene rings is 6. The SMILES string of the molecule is CCC(C)(C)C(=O)OCO/C(=C(/C#N)c1ccc(C(C)(C)C)cc1)c1c(C)c(C)nn1C.Cc1nn(C)c(/C(OCOC(=O)C(F)(F)F)=C(\C#N)c2ccc(C(C)(C)C)cc2)c1C.Cc1nn(C)c(/C(OCOC(=O)Cc2ccccc2)=C(\C#N)c2ccc(C(C)(C)C)cc2)c1C.Cc1nn(C)c(/C(OCOC(=O)c2ccccc2)=C(\C#N)c2ccc(C(C)(C)C)cc2)c1C. The van der Waals surface area contributed by atoms with Crippen LogP contribution < -0.4 is 0 Å². The van der Waals surface area contributed by atoms with Crippen LogP contribution in [0.5, 0.6) is 0 Å². The molecule has 130 heavy (non-hydrogen) atoms. The van der Waals surface area contributed by atoms with Gasteiger partial charge in [0.1, 0.15) is 69.3 Å². The zero-order chi connectivity index (χ0) is 96.9. The van der Waals surface area contributed by atoms with Gasteiger partial charge in [0.05, 0.1) is 40.2 Å². The second-order valence-corrected chi connectivity index (χ2v) is 35.9. The molecule has 0 fully saturated rings. The van der Waals surface area contributed by atoms with E-state index in [1.165, 1.54) is 15.8 Å². The summed E-state index contributed by atoms with van der Waals surface area (Å²) >= 11 is 0. The van der Waals surface area contributed by atoms with Gasteiger partial charge >= 0.3 is 30.1 Å². The summed E-state index contributed by atoms with van der Waals surface area (Å²) in [7, 11) is 7.03. The molecular weight excluding hydrogens is 1650 g/mol. The third-order valence-corrected chi connectivity index (χ3v) is 21.9. The third-order valence-electron chi connectivity index (χ3n) is 21.9. The topological polar surface area (TPSA) is 309 Å². The van der Waals surface area contributed by atoms with Gasteiger partial charge < -0.3 is 37.9 Å². The number of carbonyl (C=O) groups is 4. The number of allylic oxidation sites excluding steroid dienone is 4. The van der Waals surface area contributed by atoms with Crippen molar-refractivity contribution in [2.75, 3.05) is 27.2 Å². The first-order valence-corrected chi connectivity index (χ1v) is 42.2. The fourth-order valence-corrected chi connectivity index (χ4v) is 13.4. The number of rotatable bonds is 25. The maximum absolute atomic E-state index is 12.4. The number of hydrogen-bond acceptors (Lipinski definition) is 20. The lowest BCUT2D eigenvalue weighted by Crippen LogP contribution is -2.26. The van der Waals surface area contributed by atoms with Crippen molar-refractivity contribution >= 4 is 69.2 Å². The smallest absolute Gasteiger partial charge is 0.454 e. The standard InChI is InChI=1S/C28H31N3O3.C27H29N3O3.C26H35N3O3.C22H24F3N3O3/c1-19-20(2)30-31(6)26(19)27(34-18-33-25(32)16-21-10-8-7-9-11-21)24(17-29)22-12-14-23(15-13-22)28(3,4)5;1-18-19(2)29-30(6)24(18)25(32-17-33-26(31)21-10-8-7-9-11-21)23(16-28)20-12-14-22(15-13-20)27(3,4)5;1-10-26(7,8)24(30)32-16-31-23(22-17(2)18(3)28-29(22)9)21(15-27)19-11-13-20(14-12-19)25(4,5)6;1-13-14(2)27-28(6)18(13)19(30-12-31-20(29)22(23,24)25)17(11-26)15-7-9-16(10-8-15)21(3,4)5/h7-15H,16,18H2,1-6H3;7-15H,17H2,1-6H3;11-14H,10,16H2,1-9H3;7-10H,12H2,1-6H3/b27-24-;25-23-;23-21-;19-17-. The molecule has 0 N–H and O–H groups in total. The van der Waals surface area contributed by atoms with E-state index in [1.807, 2.05) is 211 Å². The summed E-state index contributed by atoms with van der Waals surface area (Å²) in [5, 5.41) is 57.8. The molecule has 27 heteroatoms. The quantitative estimate of drug-likeness (QED) is 0.0169. The van der Waals surface area contributed by atoms with E-state index in [2.05, 4.69) is 112 Å². The number of esters is 4. The van der Waals surface area contributed by atoms with E-state index in [4.69, 9.17) is 33.2 Å². The predicted octanol–water partition coefficient (Wildman–Crippen LogP) is 21.5. The Morgan fingerprint density at radius 2 is 0.577 bits per heavy atom. The minimum atomic E-state index is -5.15. The van der Waals surface area contributed by atoms with E-state index in [9.17, 15) is 53.4 Å². The van der Waals surface area contributed by atoms with Crippen molar-refractivity contribution in [1.82, 2.24) is 39.1 Å². The van der Waals surface area contributed by atoms with Crippen LogP contribution in [0.2, 0.25) is 0 Å². The highest BCUT2D eigenvalue weighted by Crippen LogP contribution is 2.39. The second-order valence-electron chi connectivity index (χ2n) is 35.9. The number of nitriles is 4. The number of nitrogens with zero attached hydrogens (tertiary/aromatic N) is 12. The highest BCUT2D eigenvalue weighted by atomic mass is 19.4. The summed E-state index contributed by atoms with van der Waals surface area (Å²) in [6.45, 7) is 44.1. The predicted molar refractivity (Wildman–Crippen MR) is 495 cm³/mol. The molecule has 0 unspecified atom stereocenters. The Kier molecular flexibility index (Phi) is 35.0. The Balaban J connectivity index is 0.000000237. The third kappa shape index (κ3) is 26.8. The summed E-state index contributed by atoms with van der Waals surface area (Å²) in [5.41, 5.74) is 17.9. The lowest BCUT2D eigenvalue weighted by Gasteiger charge is -2.21. The second kappa shape index (κ2) is 44.1. The lowest BCUT2D eigenvalue weighted by molar-refractivity contribution is -0.206. The molecule has 0 aliphatic rings. The van der Waals surface area contributed by atoms with Crippen LogP contribution in [0.4, 0.5) is 13.2 Å². The Labute approximate surface area is 761 Å². The van der Waals surface area contributed by atoms with E-state index >= 15 is 0 Å². The highest BCUT2D eigenvalue weighted by Gasteiger charge is 2.41. The highest BCUT2D eigenvalue weighted by molar-refractivity contribution is 5.98. The van der Waals surface area contributed by atoms with Crippen molar-refractivity contribution in [2.45, 2.75) is 200 Å². The van der Waals surface area contributed by atoms with Crippen LogP contribution in [0, 0.1) is 106 Å². The molecule has 24 nitrogen and oxygen atoms in total. The van der Waals surface area contributed by atoms with E-state index in [1.54, 1.807) is 85.4 Å². The number of alkyl halides is 3. The summed E-state index contributed by atoms with van der Waals surface area (Å²) in [4.78, 5) is 48.1. The summed E-state index contributed by atoms with van der Waals surface area (Å²) in [6.07, 6.45) is -4.35. The van der Waals surface area contributed by atoms with Crippen LogP contribution >= 0.6 is 0 Å². The Morgan fingerprint density at radius 3 is 0.808 bits per heavy atom. The molecule has 4 heterocycles. The molecule has 0 aliphatic heterocycles. The molecule has 0 saturated heterocycles. The molecule has 10 aromatic rings. The monoisotopic (exact) mass is 1770 g/mol. The average molecular weight is 1770 g/mol. The van der Waals surface area contributed by atoms with E-state index in [0.29, 0.717) is 91.1 Å². The Bertz CT molecular complexity index is 5990. The van der Waals surface area contributed by atoms with Gasteiger partial charge in [-0.1, -0.05) is 236 Å². The van der Waals surface area contributed by atoms with Crippen LogP contribution in [-0.4, -0.2) is 96.3 Å². The molecule has 0 spiro atoms. The molecule has 10 rings (SSSR count). The lowest BCUT2D eigenvalue weighted by atomic mass is 9.86. The molecule has 0 amide bonds. The van der Waals surface area contributed by atoms with Gasteiger partial charge in [0.25, 0.3) is 0 Å². The number of halogens is 3. The van der Waals surface area contributed by atoms with Gasteiger partial charge in [-0.15, -0.1) is 0 Å². The minimum absolute atomic E-state index is 0.00290. The van der Waals surface area contributed by atoms with E-state index < -0.39 is 36.3 Å². The van der Waals surface area contributed by atoms with Gasteiger partial charge in [-0.2, -0.15) is 54.6 Å². The molecule has 6 aromatic carbocycles. The maximum Gasteiger partial charge on any atom is 0.491 e.